The molecule has 0 aliphatic heterocycles. The maximum absolute atomic E-state index is 2.46. The topological polar surface area (TPSA) is 3.24 Å². The number of anilines is 3. The molecule has 0 heterocycles. The monoisotopic (exact) mass is 729 g/mol. The average Bonchev–Trinajstić information content (AvgIpc) is 3.49. The minimum Gasteiger partial charge on any atom is -0.309 e. The van der Waals surface area contributed by atoms with Gasteiger partial charge in [0.1, 0.15) is 0 Å². The number of aryl methyl sites for hydroxylation is 1. The van der Waals surface area contributed by atoms with Gasteiger partial charge in [-0.15, -0.1) is 0 Å². The number of para-hydroxylation sites is 2. The molecule has 0 spiro atoms. The second-order valence-electron chi connectivity index (χ2n) is 15.8. The molecule has 1 aliphatic rings. The second kappa shape index (κ2) is 14.0. The lowest BCUT2D eigenvalue weighted by Crippen LogP contribution is -2.14. The van der Waals surface area contributed by atoms with Gasteiger partial charge in [0.05, 0.1) is 11.4 Å². The van der Waals surface area contributed by atoms with Gasteiger partial charge in [-0.2, -0.15) is 0 Å². The zero-order valence-corrected chi connectivity index (χ0v) is 32.6. The van der Waals surface area contributed by atoms with Crippen molar-refractivity contribution in [2.45, 2.75) is 26.2 Å². The Labute approximate surface area is 336 Å². The molecular formula is C56H43N. The van der Waals surface area contributed by atoms with Crippen molar-refractivity contribution in [3.05, 3.63) is 223 Å². The van der Waals surface area contributed by atoms with Gasteiger partial charge in [-0.25, -0.2) is 0 Å². The minimum atomic E-state index is -0.0517. The Hall–Kier alpha value is -6.96. The zero-order valence-electron chi connectivity index (χ0n) is 32.6. The maximum atomic E-state index is 2.46. The SMILES string of the molecule is Cc1cccc(-c2ccccc2N(c2ccc(-c3ccc4c(c3)C(C)(C)c3ccccc3-4)cc2)c2ccccc2-c2cccc3cccc(-c4ccccc4)c23)c1. The van der Waals surface area contributed by atoms with Crippen LogP contribution in [0.5, 0.6) is 0 Å². The first-order chi connectivity index (χ1) is 28.0. The predicted octanol–water partition coefficient (Wildman–Crippen LogP) is 15.6. The summed E-state index contributed by atoms with van der Waals surface area (Å²) in [5.74, 6) is 0. The second-order valence-corrected chi connectivity index (χ2v) is 15.8. The lowest BCUT2D eigenvalue weighted by molar-refractivity contribution is 0.660. The van der Waals surface area contributed by atoms with E-state index in [0.717, 1.165) is 17.1 Å². The van der Waals surface area contributed by atoms with E-state index in [-0.39, 0.29) is 5.41 Å². The first-order valence-electron chi connectivity index (χ1n) is 19.9. The van der Waals surface area contributed by atoms with Gasteiger partial charge < -0.3 is 4.90 Å². The van der Waals surface area contributed by atoms with E-state index >= 15 is 0 Å². The van der Waals surface area contributed by atoms with Crippen molar-refractivity contribution in [2.75, 3.05) is 4.90 Å². The smallest absolute Gasteiger partial charge is 0.0540 e. The molecule has 1 nitrogen and oxygen atoms in total. The molecule has 9 aromatic carbocycles. The van der Waals surface area contributed by atoms with E-state index in [1.807, 2.05) is 0 Å². The van der Waals surface area contributed by atoms with Crippen LogP contribution < -0.4 is 4.90 Å². The van der Waals surface area contributed by atoms with Crippen molar-refractivity contribution >= 4 is 27.8 Å². The van der Waals surface area contributed by atoms with Gasteiger partial charge in [0.25, 0.3) is 0 Å². The van der Waals surface area contributed by atoms with Gasteiger partial charge in [0.2, 0.25) is 0 Å². The number of fused-ring (bicyclic) bond motifs is 4. The molecule has 0 amide bonds. The normalized spacial score (nSPS) is 12.6. The van der Waals surface area contributed by atoms with Crippen LogP contribution in [0, 0.1) is 6.92 Å². The van der Waals surface area contributed by atoms with Gasteiger partial charge in [0.15, 0.2) is 0 Å². The molecule has 57 heavy (non-hydrogen) atoms. The summed E-state index contributed by atoms with van der Waals surface area (Å²) >= 11 is 0. The lowest BCUT2D eigenvalue weighted by Gasteiger charge is -2.30. The van der Waals surface area contributed by atoms with Gasteiger partial charge in [-0.05, 0) is 104 Å². The molecule has 0 saturated heterocycles. The van der Waals surface area contributed by atoms with E-state index in [9.17, 15) is 0 Å². The van der Waals surface area contributed by atoms with Crippen LogP contribution in [0.2, 0.25) is 0 Å². The van der Waals surface area contributed by atoms with E-state index in [1.54, 1.807) is 0 Å². The highest BCUT2D eigenvalue weighted by molar-refractivity contribution is 6.09. The van der Waals surface area contributed by atoms with Crippen molar-refractivity contribution in [3.63, 3.8) is 0 Å². The average molecular weight is 730 g/mol. The summed E-state index contributed by atoms with van der Waals surface area (Å²) in [5.41, 5.74) is 19.7. The van der Waals surface area contributed by atoms with Crippen LogP contribution in [0.25, 0.3) is 66.4 Å². The molecule has 0 atom stereocenters. The molecule has 272 valence electrons. The lowest BCUT2D eigenvalue weighted by atomic mass is 9.81. The number of benzene rings is 9. The van der Waals surface area contributed by atoms with Gasteiger partial charge in [-0.3, -0.25) is 0 Å². The fourth-order valence-corrected chi connectivity index (χ4v) is 9.14. The standard InChI is InChI=1S/C56H43N/c1-38-16-13-21-43(36-38)45-22-8-11-28-53(45)57(44-33-30-39(31-34-44)42-32-35-48-47-23-7-10-27-51(47)56(2,3)52(48)37-42)54-29-12-9-24-49(54)50-26-15-20-41-19-14-25-46(55(41)50)40-17-5-4-6-18-40/h4-37H,1-3H3. The highest BCUT2D eigenvalue weighted by atomic mass is 15.1. The Morgan fingerprint density at radius 1 is 0.351 bits per heavy atom. The molecule has 0 unspecified atom stereocenters. The van der Waals surface area contributed by atoms with Crippen molar-refractivity contribution in [2.24, 2.45) is 0 Å². The van der Waals surface area contributed by atoms with Crippen LogP contribution in [0.15, 0.2) is 206 Å². The highest BCUT2D eigenvalue weighted by Crippen LogP contribution is 2.50. The van der Waals surface area contributed by atoms with E-state index < -0.39 is 0 Å². The summed E-state index contributed by atoms with van der Waals surface area (Å²) in [6.45, 7) is 6.87. The predicted molar refractivity (Wildman–Crippen MR) is 243 cm³/mol. The number of hydrogen-bond acceptors (Lipinski definition) is 1. The third kappa shape index (κ3) is 5.95. The van der Waals surface area contributed by atoms with Crippen LogP contribution in [-0.2, 0) is 5.41 Å². The number of nitrogens with zero attached hydrogens (tertiary/aromatic N) is 1. The molecule has 0 N–H and O–H groups in total. The van der Waals surface area contributed by atoms with Crippen LogP contribution in [0.1, 0.15) is 30.5 Å². The van der Waals surface area contributed by atoms with Crippen LogP contribution in [-0.4, -0.2) is 0 Å². The largest absolute Gasteiger partial charge is 0.309 e. The van der Waals surface area contributed by atoms with E-state index in [1.165, 1.54) is 83.1 Å². The number of hydrogen-bond donors (Lipinski definition) is 0. The van der Waals surface area contributed by atoms with Gasteiger partial charge >= 0.3 is 0 Å². The molecule has 0 saturated carbocycles. The molecule has 10 rings (SSSR count). The Morgan fingerprint density at radius 3 is 1.67 bits per heavy atom. The van der Waals surface area contributed by atoms with Crippen LogP contribution in [0.4, 0.5) is 17.1 Å². The van der Waals surface area contributed by atoms with Crippen LogP contribution >= 0.6 is 0 Å². The third-order valence-corrected chi connectivity index (χ3v) is 11.9. The quantitative estimate of drug-likeness (QED) is 0.158. The van der Waals surface area contributed by atoms with Crippen molar-refractivity contribution < 1.29 is 0 Å². The molecule has 0 fully saturated rings. The summed E-state index contributed by atoms with van der Waals surface area (Å²) in [4.78, 5) is 2.46. The summed E-state index contributed by atoms with van der Waals surface area (Å²) in [5, 5.41) is 2.47. The summed E-state index contributed by atoms with van der Waals surface area (Å²) in [7, 11) is 0. The van der Waals surface area contributed by atoms with Crippen LogP contribution in [0.3, 0.4) is 0 Å². The first kappa shape index (κ1) is 34.5. The summed E-state index contributed by atoms with van der Waals surface area (Å²) < 4.78 is 0. The van der Waals surface area contributed by atoms with E-state index in [2.05, 4.69) is 232 Å². The molecular weight excluding hydrogens is 687 g/mol. The summed E-state index contributed by atoms with van der Waals surface area (Å²) in [6, 6.07) is 75.8. The molecule has 0 bridgehead atoms. The third-order valence-electron chi connectivity index (χ3n) is 11.9. The molecule has 0 radical (unpaired) electrons. The van der Waals surface area contributed by atoms with Crippen molar-refractivity contribution in [1.29, 1.82) is 0 Å². The van der Waals surface area contributed by atoms with Gasteiger partial charge in [0, 0.05) is 22.2 Å². The Kier molecular flexibility index (Phi) is 8.46. The molecule has 0 aromatic heterocycles. The Balaban J connectivity index is 1.16. The molecule has 9 aromatic rings. The summed E-state index contributed by atoms with van der Waals surface area (Å²) in [6.07, 6.45) is 0. The maximum Gasteiger partial charge on any atom is 0.0540 e. The zero-order chi connectivity index (χ0) is 38.5. The number of rotatable bonds is 7. The Bertz CT molecular complexity index is 2930. The fraction of sp³-hybridized carbons (Fsp3) is 0.0714. The van der Waals surface area contributed by atoms with Gasteiger partial charge in [-0.1, -0.05) is 195 Å². The molecule has 1 aliphatic carbocycles. The van der Waals surface area contributed by atoms with E-state index in [4.69, 9.17) is 0 Å². The van der Waals surface area contributed by atoms with Crippen molar-refractivity contribution in [3.8, 4) is 55.6 Å². The first-order valence-corrected chi connectivity index (χ1v) is 19.9. The molecule has 1 heteroatoms. The fourth-order valence-electron chi connectivity index (χ4n) is 9.14. The minimum absolute atomic E-state index is 0.0517. The van der Waals surface area contributed by atoms with E-state index in [0.29, 0.717) is 0 Å². The van der Waals surface area contributed by atoms with Crippen molar-refractivity contribution in [1.82, 2.24) is 0 Å². The Morgan fingerprint density at radius 2 is 0.912 bits per heavy atom. The highest BCUT2D eigenvalue weighted by Gasteiger charge is 2.35.